The van der Waals surface area contributed by atoms with E-state index in [1.807, 2.05) is 31.3 Å². The second kappa shape index (κ2) is 5.38. The molecule has 2 aromatic heterocycles. The zero-order chi connectivity index (χ0) is 14.1. The van der Waals surface area contributed by atoms with Crippen molar-refractivity contribution in [3.8, 4) is 0 Å². The summed E-state index contributed by atoms with van der Waals surface area (Å²) in [6.45, 7) is 2.08. The summed E-state index contributed by atoms with van der Waals surface area (Å²) in [7, 11) is 1.82. The Balaban J connectivity index is 2.06. The Bertz CT molecular complexity index is 752. The van der Waals surface area contributed by atoms with Gasteiger partial charge in [-0.05, 0) is 37.3 Å². The first-order valence-electron chi connectivity index (χ1n) is 6.14. The molecule has 0 spiro atoms. The van der Waals surface area contributed by atoms with Gasteiger partial charge in [0, 0.05) is 22.1 Å². The van der Waals surface area contributed by atoms with Gasteiger partial charge in [0.1, 0.15) is 10.6 Å². The molecule has 0 aliphatic carbocycles. The molecule has 0 saturated heterocycles. The highest BCUT2D eigenvalue weighted by Gasteiger charge is 2.10. The molecule has 0 bridgehead atoms. The van der Waals surface area contributed by atoms with Crippen LogP contribution in [0, 0.1) is 6.92 Å². The van der Waals surface area contributed by atoms with E-state index in [-0.39, 0.29) is 0 Å². The third-order valence-corrected chi connectivity index (χ3v) is 4.32. The Morgan fingerprint density at radius 3 is 2.60 bits per heavy atom. The number of nitrogens with one attached hydrogen (secondary N) is 2. The van der Waals surface area contributed by atoms with E-state index in [1.165, 1.54) is 4.88 Å². The first-order valence-corrected chi connectivity index (χ1v) is 7.75. The highest BCUT2D eigenvalue weighted by atomic mass is 79.9. The van der Waals surface area contributed by atoms with Crippen molar-refractivity contribution in [2.45, 2.75) is 6.92 Å². The average Bonchev–Trinajstić information content (AvgIpc) is 2.81. The molecule has 0 aliphatic rings. The fraction of sp³-hybridized carbons (Fsp3) is 0.143. The van der Waals surface area contributed by atoms with Gasteiger partial charge in [-0.2, -0.15) is 4.98 Å². The van der Waals surface area contributed by atoms with Crippen molar-refractivity contribution < 1.29 is 0 Å². The summed E-state index contributed by atoms with van der Waals surface area (Å²) in [4.78, 5) is 11.2. The van der Waals surface area contributed by atoms with Gasteiger partial charge in [-0.25, -0.2) is 4.98 Å². The molecule has 0 atom stereocenters. The van der Waals surface area contributed by atoms with E-state index in [9.17, 15) is 0 Å². The molecule has 102 valence electrons. The molecule has 20 heavy (non-hydrogen) atoms. The molecule has 6 heteroatoms. The van der Waals surface area contributed by atoms with Gasteiger partial charge < -0.3 is 10.6 Å². The van der Waals surface area contributed by atoms with Crippen LogP contribution in [0.4, 0.5) is 17.5 Å². The molecule has 0 saturated carbocycles. The van der Waals surface area contributed by atoms with Crippen LogP contribution in [-0.2, 0) is 0 Å². The number of thiophene rings is 1. The molecule has 2 N–H and O–H groups in total. The topological polar surface area (TPSA) is 49.8 Å². The van der Waals surface area contributed by atoms with Crippen molar-refractivity contribution in [3.63, 3.8) is 0 Å². The molecule has 4 nitrogen and oxygen atoms in total. The van der Waals surface area contributed by atoms with Crippen molar-refractivity contribution in [1.29, 1.82) is 0 Å². The smallest absolute Gasteiger partial charge is 0.225 e. The maximum Gasteiger partial charge on any atom is 0.225 e. The Morgan fingerprint density at radius 1 is 1.15 bits per heavy atom. The third kappa shape index (κ3) is 2.62. The maximum absolute atomic E-state index is 4.51. The molecule has 3 rings (SSSR count). The number of benzene rings is 1. The lowest BCUT2D eigenvalue weighted by atomic mass is 10.3. The van der Waals surface area contributed by atoms with Gasteiger partial charge in [-0.15, -0.1) is 11.3 Å². The van der Waals surface area contributed by atoms with Crippen LogP contribution in [0.15, 0.2) is 34.8 Å². The standard InChI is InChI=1S/C14H13BrN4S/c1-8-7-11-12(17-10-5-3-9(15)4-6-10)18-14(16-2)19-13(11)20-8/h3-7H,1-2H3,(H2,16,17,18,19). The third-order valence-electron chi connectivity index (χ3n) is 2.85. The quantitative estimate of drug-likeness (QED) is 0.729. The van der Waals surface area contributed by atoms with Crippen molar-refractivity contribution in [2.75, 3.05) is 17.7 Å². The van der Waals surface area contributed by atoms with Gasteiger partial charge in [0.05, 0.1) is 5.39 Å². The van der Waals surface area contributed by atoms with E-state index in [1.54, 1.807) is 11.3 Å². The number of hydrogen-bond donors (Lipinski definition) is 2. The van der Waals surface area contributed by atoms with E-state index in [2.05, 4.69) is 49.5 Å². The number of rotatable bonds is 3. The molecule has 2 heterocycles. The molecular weight excluding hydrogens is 336 g/mol. The van der Waals surface area contributed by atoms with Crippen LogP contribution in [0.5, 0.6) is 0 Å². The summed E-state index contributed by atoms with van der Waals surface area (Å²) in [5.41, 5.74) is 0.999. The first kappa shape index (κ1) is 13.3. The van der Waals surface area contributed by atoms with Crippen LogP contribution in [-0.4, -0.2) is 17.0 Å². The number of aromatic nitrogens is 2. The number of hydrogen-bond acceptors (Lipinski definition) is 5. The van der Waals surface area contributed by atoms with E-state index in [0.717, 1.165) is 26.2 Å². The molecule has 1 aromatic carbocycles. The molecule has 3 aromatic rings. The van der Waals surface area contributed by atoms with Crippen LogP contribution in [0.1, 0.15) is 4.88 Å². The lowest BCUT2D eigenvalue weighted by Gasteiger charge is -2.08. The highest BCUT2D eigenvalue weighted by Crippen LogP contribution is 2.31. The summed E-state index contributed by atoms with van der Waals surface area (Å²) in [5, 5.41) is 7.41. The lowest BCUT2D eigenvalue weighted by molar-refractivity contribution is 1.20. The highest BCUT2D eigenvalue weighted by molar-refractivity contribution is 9.10. The summed E-state index contributed by atoms with van der Waals surface area (Å²) in [6, 6.07) is 10.1. The zero-order valence-corrected chi connectivity index (χ0v) is 13.5. The maximum atomic E-state index is 4.51. The van der Waals surface area contributed by atoms with Gasteiger partial charge >= 0.3 is 0 Å². The van der Waals surface area contributed by atoms with Crippen molar-refractivity contribution >= 4 is 54.9 Å². The lowest BCUT2D eigenvalue weighted by Crippen LogP contribution is -2.00. The minimum atomic E-state index is 0.624. The Labute approximate surface area is 129 Å². The molecule has 0 radical (unpaired) electrons. The first-order chi connectivity index (χ1) is 9.65. The predicted molar refractivity (Wildman–Crippen MR) is 89.1 cm³/mol. The van der Waals surface area contributed by atoms with Crippen LogP contribution in [0.3, 0.4) is 0 Å². The van der Waals surface area contributed by atoms with Gasteiger partial charge in [-0.1, -0.05) is 15.9 Å². The van der Waals surface area contributed by atoms with Crippen molar-refractivity contribution in [3.05, 3.63) is 39.7 Å². The van der Waals surface area contributed by atoms with E-state index >= 15 is 0 Å². The normalized spacial score (nSPS) is 10.8. The Kier molecular flexibility index (Phi) is 3.58. The van der Waals surface area contributed by atoms with Crippen LogP contribution in [0.2, 0.25) is 0 Å². The molecule has 0 fully saturated rings. The number of anilines is 3. The minimum absolute atomic E-state index is 0.624. The van der Waals surface area contributed by atoms with Crippen LogP contribution in [0.25, 0.3) is 10.2 Å². The molecular formula is C14H13BrN4S. The van der Waals surface area contributed by atoms with Gasteiger partial charge in [0.15, 0.2) is 0 Å². The SMILES string of the molecule is CNc1nc(Nc2ccc(Br)cc2)c2cc(C)sc2n1. The largest absolute Gasteiger partial charge is 0.357 e. The molecule has 0 amide bonds. The minimum Gasteiger partial charge on any atom is -0.357 e. The monoisotopic (exact) mass is 348 g/mol. The summed E-state index contributed by atoms with van der Waals surface area (Å²) in [6.07, 6.45) is 0. The van der Waals surface area contributed by atoms with Crippen molar-refractivity contribution in [1.82, 2.24) is 9.97 Å². The zero-order valence-electron chi connectivity index (χ0n) is 11.1. The van der Waals surface area contributed by atoms with Crippen molar-refractivity contribution in [2.24, 2.45) is 0 Å². The van der Waals surface area contributed by atoms with Crippen LogP contribution >= 0.6 is 27.3 Å². The number of nitrogens with zero attached hydrogens (tertiary/aromatic N) is 2. The Hall–Kier alpha value is -1.66. The summed E-state index contributed by atoms with van der Waals surface area (Å²) < 4.78 is 1.05. The number of fused-ring (bicyclic) bond motifs is 1. The van der Waals surface area contributed by atoms with E-state index in [0.29, 0.717) is 5.95 Å². The second-order valence-electron chi connectivity index (χ2n) is 4.35. The number of aryl methyl sites for hydroxylation is 1. The molecule has 0 aliphatic heterocycles. The predicted octanol–water partition coefficient (Wildman–Crippen LogP) is 4.55. The fourth-order valence-electron chi connectivity index (χ4n) is 1.92. The fourth-order valence-corrected chi connectivity index (χ4v) is 3.06. The van der Waals surface area contributed by atoms with E-state index < -0.39 is 0 Å². The second-order valence-corrected chi connectivity index (χ2v) is 6.50. The Morgan fingerprint density at radius 2 is 1.90 bits per heavy atom. The number of halogens is 1. The average molecular weight is 349 g/mol. The summed E-state index contributed by atoms with van der Waals surface area (Å²) in [5.74, 6) is 1.45. The molecule has 0 unspecified atom stereocenters. The van der Waals surface area contributed by atoms with Gasteiger partial charge in [0.25, 0.3) is 0 Å². The summed E-state index contributed by atoms with van der Waals surface area (Å²) >= 11 is 5.11. The van der Waals surface area contributed by atoms with Gasteiger partial charge in [-0.3, -0.25) is 0 Å². The van der Waals surface area contributed by atoms with Gasteiger partial charge in [0.2, 0.25) is 5.95 Å². The van der Waals surface area contributed by atoms with E-state index in [4.69, 9.17) is 0 Å². The van der Waals surface area contributed by atoms with Crippen LogP contribution < -0.4 is 10.6 Å².